The van der Waals surface area contributed by atoms with E-state index in [-0.39, 0.29) is 6.04 Å². The van der Waals surface area contributed by atoms with Crippen LogP contribution in [0, 0.1) is 0 Å². The highest BCUT2D eigenvalue weighted by Crippen LogP contribution is 2.33. The van der Waals surface area contributed by atoms with Crippen molar-refractivity contribution in [2.45, 2.75) is 18.6 Å². The quantitative estimate of drug-likeness (QED) is 0.777. The van der Waals surface area contributed by atoms with Gasteiger partial charge in [-0.25, -0.2) is 0 Å². The molecule has 5 nitrogen and oxygen atoms in total. The Morgan fingerprint density at radius 3 is 2.68 bits per heavy atom. The lowest BCUT2D eigenvalue weighted by Gasteiger charge is -2.16. The molecular weight excluding hydrogens is 278 g/mol. The van der Waals surface area contributed by atoms with Gasteiger partial charge in [0.25, 0.3) is 11.8 Å². The van der Waals surface area contributed by atoms with E-state index in [4.69, 9.17) is 4.52 Å². The molecule has 1 heterocycles. The molecule has 110 valence electrons. The van der Waals surface area contributed by atoms with Crippen LogP contribution in [-0.4, -0.2) is 21.4 Å². The van der Waals surface area contributed by atoms with Gasteiger partial charge in [-0.2, -0.15) is 4.98 Å². The van der Waals surface area contributed by atoms with Crippen LogP contribution >= 0.6 is 0 Å². The first kappa shape index (κ1) is 13.0. The Bertz CT molecular complexity index is 785. The van der Waals surface area contributed by atoms with Crippen LogP contribution in [0.5, 0.6) is 0 Å². The smallest absolute Gasteiger partial charge is 0.264 e. The zero-order chi connectivity index (χ0) is 14.9. The summed E-state index contributed by atoms with van der Waals surface area (Å²) in [4.78, 5) is 4.35. The Morgan fingerprint density at radius 2 is 1.82 bits per heavy atom. The number of benzene rings is 2. The zero-order valence-electron chi connectivity index (χ0n) is 11.8. The van der Waals surface area contributed by atoms with E-state index in [2.05, 4.69) is 15.5 Å². The molecule has 2 aromatic carbocycles. The second kappa shape index (κ2) is 5.27. The molecule has 5 heteroatoms. The van der Waals surface area contributed by atoms with Gasteiger partial charge in [-0.3, -0.25) is 0 Å². The molecule has 4 rings (SSSR count). The van der Waals surface area contributed by atoms with Crippen LogP contribution < -0.4 is 5.32 Å². The molecular formula is C17H15N3O2. The van der Waals surface area contributed by atoms with E-state index in [9.17, 15) is 5.11 Å². The topological polar surface area (TPSA) is 71.2 Å². The average Bonchev–Trinajstić information content (AvgIpc) is 3.14. The van der Waals surface area contributed by atoms with Crippen molar-refractivity contribution in [3.05, 3.63) is 65.7 Å². The van der Waals surface area contributed by atoms with Gasteiger partial charge in [0.2, 0.25) is 0 Å². The summed E-state index contributed by atoms with van der Waals surface area (Å²) in [6, 6.07) is 17.4. The number of aromatic nitrogens is 2. The third-order valence-electron chi connectivity index (χ3n) is 3.94. The summed E-state index contributed by atoms with van der Waals surface area (Å²) >= 11 is 0. The van der Waals surface area contributed by atoms with Crippen LogP contribution in [0.3, 0.4) is 0 Å². The number of aliphatic hydroxyl groups excluding tert-OH is 1. The van der Waals surface area contributed by atoms with E-state index in [1.807, 2.05) is 54.6 Å². The highest BCUT2D eigenvalue weighted by atomic mass is 16.5. The first-order valence-electron chi connectivity index (χ1n) is 7.23. The minimum atomic E-state index is -0.490. The number of hydrogen-bond donors (Lipinski definition) is 2. The number of fused-ring (bicyclic) bond motifs is 1. The van der Waals surface area contributed by atoms with E-state index >= 15 is 0 Å². The van der Waals surface area contributed by atoms with Crippen LogP contribution in [0.2, 0.25) is 0 Å². The lowest BCUT2D eigenvalue weighted by atomic mass is 10.1. The molecule has 1 aliphatic carbocycles. The Labute approximate surface area is 127 Å². The van der Waals surface area contributed by atoms with E-state index in [1.165, 1.54) is 0 Å². The number of rotatable bonds is 3. The Balaban J connectivity index is 1.59. The third-order valence-corrected chi connectivity index (χ3v) is 3.94. The van der Waals surface area contributed by atoms with Gasteiger partial charge >= 0.3 is 0 Å². The van der Waals surface area contributed by atoms with Gasteiger partial charge < -0.3 is 14.9 Å². The summed E-state index contributed by atoms with van der Waals surface area (Å²) in [6.07, 6.45) is 0.146. The molecule has 0 saturated heterocycles. The predicted molar refractivity (Wildman–Crippen MR) is 82.3 cm³/mol. The van der Waals surface area contributed by atoms with Crippen molar-refractivity contribution in [1.82, 2.24) is 10.1 Å². The van der Waals surface area contributed by atoms with E-state index in [0.717, 1.165) is 16.7 Å². The lowest BCUT2D eigenvalue weighted by Crippen LogP contribution is -2.21. The molecule has 0 bridgehead atoms. The normalized spacial score (nSPS) is 19.9. The van der Waals surface area contributed by atoms with Crippen molar-refractivity contribution >= 4 is 5.95 Å². The maximum Gasteiger partial charge on any atom is 0.264 e. The van der Waals surface area contributed by atoms with E-state index in [1.54, 1.807) is 0 Å². The molecule has 22 heavy (non-hydrogen) atoms. The van der Waals surface area contributed by atoms with Gasteiger partial charge in [0.1, 0.15) is 0 Å². The zero-order valence-corrected chi connectivity index (χ0v) is 11.8. The van der Waals surface area contributed by atoms with Gasteiger partial charge in [-0.1, -0.05) is 42.5 Å². The molecule has 0 unspecified atom stereocenters. The van der Waals surface area contributed by atoms with Crippen LogP contribution in [-0.2, 0) is 6.42 Å². The van der Waals surface area contributed by atoms with Crippen LogP contribution in [0.15, 0.2) is 59.1 Å². The standard InChI is InChI=1S/C17H15N3O2/c21-14-10-12-8-4-5-9-13(12)15(14)18-17-19-16(22-20-17)11-6-2-1-3-7-11/h1-9,14-15,21H,10H2,(H,18,20)/t14-,15+/m1/s1. The van der Waals surface area contributed by atoms with Gasteiger partial charge in [-0.15, -0.1) is 0 Å². The fourth-order valence-electron chi connectivity index (χ4n) is 2.87. The molecule has 3 aromatic rings. The minimum Gasteiger partial charge on any atom is -0.390 e. The van der Waals surface area contributed by atoms with Gasteiger partial charge in [0.05, 0.1) is 12.1 Å². The highest BCUT2D eigenvalue weighted by molar-refractivity contribution is 5.54. The van der Waals surface area contributed by atoms with Crippen molar-refractivity contribution in [1.29, 1.82) is 0 Å². The molecule has 1 aromatic heterocycles. The molecule has 1 aliphatic rings. The monoisotopic (exact) mass is 293 g/mol. The highest BCUT2D eigenvalue weighted by Gasteiger charge is 2.31. The summed E-state index contributed by atoms with van der Waals surface area (Å²) < 4.78 is 5.28. The fraction of sp³-hybridized carbons (Fsp3) is 0.176. The number of nitrogens with one attached hydrogen (secondary N) is 1. The number of anilines is 1. The van der Waals surface area contributed by atoms with Crippen molar-refractivity contribution in [2.24, 2.45) is 0 Å². The molecule has 0 aliphatic heterocycles. The SMILES string of the molecule is O[C@@H]1Cc2ccccc2[C@@H]1Nc1noc(-c2ccccc2)n1. The number of hydrogen-bond acceptors (Lipinski definition) is 5. The van der Waals surface area contributed by atoms with E-state index < -0.39 is 6.10 Å². The van der Waals surface area contributed by atoms with Crippen LogP contribution in [0.25, 0.3) is 11.5 Å². The van der Waals surface area contributed by atoms with Crippen molar-refractivity contribution in [3.8, 4) is 11.5 Å². The summed E-state index contributed by atoms with van der Waals surface area (Å²) in [7, 11) is 0. The number of aliphatic hydroxyl groups is 1. The third kappa shape index (κ3) is 2.25. The van der Waals surface area contributed by atoms with E-state index in [0.29, 0.717) is 18.3 Å². The maximum atomic E-state index is 10.2. The molecule has 0 fully saturated rings. The fourth-order valence-corrected chi connectivity index (χ4v) is 2.87. The van der Waals surface area contributed by atoms with Gasteiger partial charge in [0, 0.05) is 12.0 Å². The summed E-state index contributed by atoms with van der Waals surface area (Å²) in [5.74, 6) is 0.850. The van der Waals surface area contributed by atoms with Crippen molar-refractivity contribution in [3.63, 3.8) is 0 Å². The predicted octanol–water partition coefficient (Wildman–Crippen LogP) is 2.81. The Hall–Kier alpha value is -2.66. The molecule has 0 spiro atoms. The average molecular weight is 293 g/mol. The van der Waals surface area contributed by atoms with Gasteiger partial charge in [0.15, 0.2) is 0 Å². The molecule has 0 amide bonds. The molecule has 0 saturated carbocycles. The van der Waals surface area contributed by atoms with Crippen LogP contribution in [0.4, 0.5) is 5.95 Å². The second-order valence-electron chi connectivity index (χ2n) is 5.38. The van der Waals surface area contributed by atoms with Crippen molar-refractivity contribution < 1.29 is 9.63 Å². The summed E-state index contributed by atoms with van der Waals surface area (Å²) in [5, 5.41) is 17.4. The van der Waals surface area contributed by atoms with Crippen molar-refractivity contribution in [2.75, 3.05) is 5.32 Å². The minimum absolute atomic E-state index is 0.211. The maximum absolute atomic E-state index is 10.2. The second-order valence-corrected chi connectivity index (χ2v) is 5.38. The van der Waals surface area contributed by atoms with Crippen LogP contribution in [0.1, 0.15) is 17.2 Å². The first-order valence-corrected chi connectivity index (χ1v) is 7.23. The Morgan fingerprint density at radius 1 is 1.05 bits per heavy atom. The summed E-state index contributed by atoms with van der Waals surface area (Å²) in [5.41, 5.74) is 3.11. The molecule has 0 radical (unpaired) electrons. The number of nitrogens with zero attached hydrogens (tertiary/aromatic N) is 2. The summed E-state index contributed by atoms with van der Waals surface area (Å²) in [6.45, 7) is 0. The first-order chi connectivity index (χ1) is 10.8. The molecule has 2 N–H and O–H groups in total. The molecule has 2 atom stereocenters. The Kier molecular flexibility index (Phi) is 3.12. The largest absolute Gasteiger partial charge is 0.390 e. The van der Waals surface area contributed by atoms with Gasteiger partial charge in [-0.05, 0) is 28.4 Å². The lowest BCUT2D eigenvalue weighted by molar-refractivity contribution is 0.165.